The van der Waals surface area contributed by atoms with Gasteiger partial charge in [0.2, 0.25) is 5.91 Å². The normalized spacial score (nSPS) is 21.1. The second-order valence-electron chi connectivity index (χ2n) is 3.87. The van der Waals surface area contributed by atoms with Crippen LogP contribution in [0.2, 0.25) is 0 Å². The molecule has 1 heterocycles. The third-order valence-corrected chi connectivity index (χ3v) is 3.04. The predicted octanol–water partition coefficient (Wildman–Crippen LogP) is 1.61. The van der Waals surface area contributed by atoms with E-state index in [-0.39, 0.29) is 11.2 Å². The maximum atomic E-state index is 11.7. The molecule has 80 valence electrons. The topological polar surface area (TPSA) is 46.3 Å². The van der Waals surface area contributed by atoms with Gasteiger partial charge in [0, 0.05) is 18.2 Å². The molecule has 2 N–H and O–H groups in total. The first-order chi connectivity index (χ1) is 7.09. The lowest BCUT2D eigenvalue weighted by Crippen LogP contribution is -2.25. The Bertz CT molecular complexity index is 406. The highest BCUT2D eigenvalue weighted by Gasteiger charge is 2.29. The molecule has 0 bridgehead atoms. The van der Waals surface area contributed by atoms with Crippen LogP contribution in [0.15, 0.2) is 18.2 Å². The van der Waals surface area contributed by atoms with Gasteiger partial charge in [-0.05, 0) is 18.6 Å². The largest absolute Gasteiger partial charge is 0.397 e. The highest BCUT2D eigenvalue weighted by Crippen LogP contribution is 2.30. The van der Waals surface area contributed by atoms with E-state index in [1.165, 1.54) is 0 Å². The summed E-state index contributed by atoms with van der Waals surface area (Å²) in [6, 6.07) is 5.74. The number of aryl methyl sites for hydroxylation is 1. The van der Waals surface area contributed by atoms with Crippen molar-refractivity contribution in [1.29, 1.82) is 0 Å². The number of nitrogens with zero attached hydrogens (tertiary/aromatic N) is 1. The second kappa shape index (κ2) is 3.77. The van der Waals surface area contributed by atoms with Crippen molar-refractivity contribution in [2.75, 3.05) is 17.2 Å². The first-order valence-corrected chi connectivity index (χ1v) is 5.44. The molecule has 1 atom stereocenters. The van der Waals surface area contributed by atoms with Crippen molar-refractivity contribution < 1.29 is 4.79 Å². The van der Waals surface area contributed by atoms with E-state index in [9.17, 15) is 4.79 Å². The Balaban J connectivity index is 2.38. The van der Waals surface area contributed by atoms with Crippen LogP contribution in [-0.2, 0) is 4.79 Å². The molecule has 0 aromatic heterocycles. The molecule has 1 aromatic rings. The molecule has 0 aliphatic carbocycles. The summed E-state index contributed by atoms with van der Waals surface area (Å²) in [6.07, 6.45) is 0.497. The van der Waals surface area contributed by atoms with Crippen molar-refractivity contribution in [3.05, 3.63) is 23.8 Å². The summed E-state index contributed by atoms with van der Waals surface area (Å²) in [7, 11) is 0. The highest BCUT2D eigenvalue weighted by atomic mass is 32.1. The van der Waals surface area contributed by atoms with Gasteiger partial charge in [0.25, 0.3) is 0 Å². The highest BCUT2D eigenvalue weighted by molar-refractivity contribution is 7.81. The van der Waals surface area contributed by atoms with Crippen LogP contribution < -0.4 is 10.6 Å². The summed E-state index contributed by atoms with van der Waals surface area (Å²) < 4.78 is 0. The van der Waals surface area contributed by atoms with Gasteiger partial charge in [0.15, 0.2) is 0 Å². The fraction of sp³-hybridized carbons (Fsp3) is 0.364. The van der Waals surface area contributed by atoms with Crippen molar-refractivity contribution in [3.63, 3.8) is 0 Å². The molecule has 1 fully saturated rings. The number of thiol groups is 1. The maximum absolute atomic E-state index is 11.7. The monoisotopic (exact) mass is 222 g/mol. The molecule has 2 rings (SSSR count). The van der Waals surface area contributed by atoms with Crippen LogP contribution in [0.25, 0.3) is 0 Å². The number of hydrogen-bond donors (Lipinski definition) is 2. The lowest BCUT2D eigenvalue weighted by atomic mass is 10.1. The van der Waals surface area contributed by atoms with E-state index in [1.54, 1.807) is 4.90 Å². The Labute approximate surface area is 94.7 Å². The van der Waals surface area contributed by atoms with Gasteiger partial charge in [0.1, 0.15) is 0 Å². The quantitative estimate of drug-likeness (QED) is 0.560. The third kappa shape index (κ3) is 1.81. The van der Waals surface area contributed by atoms with Gasteiger partial charge >= 0.3 is 0 Å². The van der Waals surface area contributed by atoms with Crippen LogP contribution in [0.3, 0.4) is 0 Å². The third-order valence-electron chi connectivity index (χ3n) is 2.70. The Hall–Kier alpha value is -1.16. The minimum Gasteiger partial charge on any atom is -0.397 e. The van der Waals surface area contributed by atoms with Crippen LogP contribution in [-0.4, -0.2) is 17.7 Å². The van der Waals surface area contributed by atoms with Crippen LogP contribution in [0, 0.1) is 6.92 Å². The lowest BCUT2D eigenvalue weighted by molar-refractivity contribution is -0.117. The van der Waals surface area contributed by atoms with E-state index < -0.39 is 0 Å². The molecule has 3 nitrogen and oxygen atoms in total. The second-order valence-corrected chi connectivity index (χ2v) is 4.60. The molecule has 1 aliphatic rings. The Morgan fingerprint density at radius 2 is 2.27 bits per heavy atom. The summed E-state index contributed by atoms with van der Waals surface area (Å²) >= 11 is 4.32. The molecular formula is C11H14N2OS. The molecule has 1 unspecified atom stereocenters. The fourth-order valence-corrected chi connectivity index (χ4v) is 2.14. The molecule has 0 radical (unpaired) electrons. The standard InChI is InChI=1S/C11H14N2OS/c1-7-3-2-4-9(11(7)12)13-6-8(15)5-10(13)14/h2-4,8,15H,5-6,12H2,1H3. The SMILES string of the molecule is Cc1cccc(N2CC(S)CC2=O)c1N. The number of carbonyl (C=O) groups is 1. The molecule has 1 aromatic carbocycles. The van der Waals surface area contributed by atoms with Gasteiger partial charge in [0.05, 0.1) is 11.4 Å². The molecule has 0 saturated carbocycles. The van der Waals surface area contributed by atoms with Gasteiger partial charge < -0.3 is 10.6 Å². The number of anilines is 2. The summed E-state index contributed by atoms with van der Waals surface area (Å²) in [6.45, 7) is 2.59. The molecule has 1 saturated heterocycles. The fourth-order valence-electron chi connectivity index (χ4n) is 1.82. The van der Waals surface area contributed by atoms with E-state index in [0.717, 1.165) is 11.3 Å². The zero-order chi connectivity index (χ0) is 11.0. The smallest absolute Gasteiger partial charge is 0.228 e. The minimum absolute atomic E-state index is 0.104. The molecule has 15 heavy (non-hydrogen) atoms. The van der Waals surface area contributed by atoms with Crippen molar-refractivity contribution in [2.24, 2.45) is 0 Å². The summed E-state index contributed by atoms with van der Waals surface area (Å²) in [5, 5.41) is 0.123. The van der Waals surface area contributed by atoms with Gasteiger partial charge in [-0.3, -0.25) is 4.79 Å². The number of nitrogens with two attached hydrogens (primary N) is 1. The molecule has 0 spiro atoms. The van der Waals surface area contributed by atoms with Gasteiger partial charge in [-0.25, -0.2) is 0 Å². The number of carbonyl (C=O) groups excluding carboxylic acids is 1. The average molecular weight is 222 g/mol. The minimum atomic E-state index is 0.104. The van der Waals surface area contributed by atoms with Crippen molar-refractivity contribution in [1.82, 2.24) is 0 Å². The molecule has 1 aliphatic heterocycles. The van der Waals surface area contributed by atoms with Crippen molar-refractivity contribution >= 4 is 29.9 Å². The number of amides is 1. The first kappa shape index (κ1) is 10.4. The number of rotatable bonds is 1. The predicted molar refractivity (Wildman–Crippen MR) is 65.3 cm³/mol. The Morgan fingerprint density at radius 3 is 2.87 bits per heavy atom. The zero-order valence-corrected chi connectivity index (χ0v) is 9.50. The maximum Gasteiger partial charge on any atom is 0.228 e. The van der Waals surface area contributed by atoms with E-state index >= 15 is 0 Å². The Morgan fingerprint density at radius 1 is 1.53 bits per heavy atom. The van der Waals surface area contributed by atoms with E-state index in [2.05, 4.69) is 12.6 Å². The molecule has 1 amide bonds. The van der Waals surface area contributed by atoms with Crippen molar-refractivity contribution in [3.8, 4) is 0 Å². The zero-order valence-electron chi connectivity index (χ0n) is 8.60. The van der Waals surface area contributed by atoms with Crippen LogP contribution in [0.5, 0.6) is 0 Å². The van der Waals surface area contributed by atoms with Crippen LogP contribution >= 0.6 is 12.6 Å². The van der Waals surface area contributed by atoms with E-state index in [4.69, 9.17) is 5.73 Å². The van der Waals surface area contributed by atoms with Crippen LogP contribution in [0.4, 0.5) is 11.4 Å². The lowest BCUT2D eigenvalue weighted by Gasteiger charge is -2.19. The summed E-state index contributed by atoms with van der Waals surface area (Å²) in [5.74, 6) is 0.104. The van der Waals surface area contributed by atoms with Gasteiger partial charge in [-0.15, -0.1) is 0 Å². The van der Waals surface area contributed by atoms with Crippen LogP contribution in [0.1, 0.15) is 12.0 Å². The van der Waals surface area contributed by atoms with E-state index in [0.29, 0.717) is 18.7 Å². The number of benzene rings is 1. The number of hydrogen-bond acceptors (Lipinski definition) is 3. The molecular weight excluding hydrogens is 208 g/mol. The van der Waals surface area contributed by atoms with Gasteiger partial charge in [-0.1, -0.05) is 12.1 Å². The van der Waals surface area contributed by atoms with Crippen molar-refractivity contribution in [2.45, 2.75) is 18.6 Å². The first-order valence-electron chi connectivity index (χ1n) is 4.93. The summed E-state index contributed by atoms with van der Waals surface area (Å²) in [5.41, 5.74) is 8.46. The summed E-state index contributed by atoms with van der Waals surface area (Å²) in [4.78, 5) is 13.4. The Kier molecular flexibility index (Phi) is 2.61. The molecule has 4 heteroatoms. The van der Waals surface area contributed by atoms with Gasteiger partial charge in [-0.2, -0.15) is 12.6 Å². The number of nitrogen functional groups attached to an aromatic ring is 1. The average Bonchev–Trinajstić information content (AvgIpc) is 2.50. The number of para-hydroxylation sites is 1. The van der Waals surface area contributed by atoms with E-state index in [1.807, 2.05) is 25.1 Å².